The van der Waals surface area contributed by atoms with Gasteiger partial charge >= 0.3 is 0 Å². The van der Waals surface area contributed by atoms with Crippen LogP contribution in [0.1, 0.15) is 33.3 Å². The molecule has 0 spiro atoms. The van der Waals surface area contributed by atoms with Gasteiger partial charge in [-0.05, 0) is 44.4 Å². The Hall–Kier alpha value is -1.18. The molecule has 90 valence electrons. The van der Waals surface area contributed by atoms with Gasteiger partial charge in [0.05, 0.1) is 12.3 Å². The Kier molecular flexibility index (Phi) is 4.66. The third kappa shape index (κ3) is 3.44. The van der Waals surface area contributed by atoms with Crippen molar-refractivity contribution >= 4 is 5.69 Å². The molecule has 2 heteroatoms. The highest BCUT2D eigenvalue weighted by Crippen LogP contribution is 2.27. The van der Waals surface area contributed by atoms with E-state index in [1.54, 1.807) is 0 Å². The Bertz CT molecular complexity index is 334. The molecule has 1 unspecified atom stereocenters. The van der Waals surface area contributed by atoms with Crippen LogP contribution in [0.25, 0.3) is 0 Å². The highest BCUT2D eigenvalue weighted by molar-refractivity contribution is 5.58. The minimum absolute atomic E-state index is 0.446. The average molecular weight is 221 g/mol. The third-order valence-corrected chi connectivity index (χ3v) is 2.82. The highest BCUT2D eigenvalue weighted by atomic mass is 16.5. The quantitative estimate of drug-likeness (QED) is 0.815. The van der Waals surface area contributed by atoms with Crippen LogP contribution in [0.4, 0.5) is 5.69 Å². The lowest BCUT2D eigenvalue weighted by atomic mass is 10.1. The van der Waals surface area contributed by atoms with Crippen molar-refractivity contribution in [2.45, 2.75) is 40.7 Å². The van der Waals surface area contributed by atoms with Gasteiger partial charge in [-0.3, -0.25) is 0 Å². The van der Waals surface area contributed by atoms with E-state index in [9.17, 15) is 0 Å². The zero-order valence-corrected chi connectivity index (χ0v) is 11.0. The maximum atomic E-state index is 5.64. The van der Waals surface area contributed by atoms with Crippen molar-refractivity contribution in [3.8, 4) is 5.75 Å². The zero-order valence-electron chi connectivity index (χ0n) is 11.0. The summed E-state index contributed by atoms with van der Waals surface area (Å²) >= 11 is 0. The second kappa shape index (κ2) is 5.78. The molecule has 0 aromatic heterocycles. The van der Waals surface area contributed by atoms with E-state index in [0.717, 1.165) is 11.4 Å². The monoisotopic (exact) mass is 221 g/mol. The number of anilines is 1. The summed E-state index contributed by atoms with van der Waals surface area (Å²) in [5.41, 5.74) is 2.32. The van der Waals surface area contributed by atoms with Crippen LogP contribution in [0.3, 0.4) is 0 Å². The average Bonchev–Trinajstić information content (AvgIpc) is 2.22. The SMILES string of the molecule is CCOc1cc(C)ccc1NC(C)C(C)C. The lowest BCUT2D eigenvalue weighted by Crippen LogP contribution is -2.21. The van der Waals surface area contributed by atoms with Gasteiger partial charge in [-0.15, -0.1) is 0 Å². The molecule has 0 heterocycles. The topological polar surface area (TPSA) is 21.3 Å². The summed E-state index contributed by atoms with van der Waals surface area (Å²) in [6, 6.07) is 6.73. The minimum atomic E-state index is 0.446. The molecule has 1 rings (SSSR count). The Labute approximate surface area is 99.0 Å². The van der Waals surface area contributed by atoms with Crippen molar-refractivity contribution in [2.75, 3.05) is 11.9 Å². The molecule has 1 aromatic rings. The molecule has 0 aliphatic heterocycles. The first kappa shape index (κ1) is 12.9. The van der Waals surface area contributed by atoms with E-state index in [0.29, 0.717) is 18.6 Å². The molecule has 0 fully saturated rings. The summed E-state index contributed by atoms with van der Waals surface area (Å²) in [5.74, 6) is 1.56. The van der Waals surface area contributed by atoms with Gasteiger partial charge in [-0.1, -0.05) is 19.9 Å². The summed E-state index contributed by atoms with van der Waals surface area (Å²) in [6.07, 6.45) is 0. The van der Waals surface area contributed by atoms with E-state index < -0.39 is 0 Å². The number of aryl methyl sites for hydroxylation is 1. The summed E-state index contributed by atoms with van der Waals surface area (Å²) in [4.78, 5) is 0. The van der Waals surface area contributed by atoms with Gasteiger partial charge in [0.1, 0.15) is 5.75 Å². The number of benzene rings is 1. The van der Waals surface area contributed by atoms with Crippen LogP contribution in [0.15, 0.2) is 18.2 Å². The van der Waals surface area contributed by atoms with Crippen LogP contribution < -0.4 is 10.1 Å². The number of hydrogen-bond acceptors (Lipinski definition) is 2. The fourth-order valence-corrected chi connectivity index (χ4v) is 1.44. The van der Waals surface area contributed by atoms with Gasteiger partial charge in [0.15, 0.2) is 0 Å². The van der Waals surface area contributed by atoms with Crippen LogP contribution >= 0.6 is 0 Å². The fourth-order valence-electron chi connectivity index (χ4n) is 1.44. The molecular formula is C14H23NO. The van der Waals surface area contributed by atoms with Crippen LogP contribution in [0.2, 0.25) is 0 Å². The molecule has 0 radical (unpaired) electrons. The lowest BCUT2D eigenvalue weighted by Gasteiger charge is -2.21. The van der Waals surface area contributed by atoms with E-state index in [1.807, 2.05) is 6.92 Å². The number of nitrogens with one attached hydrogen (secondary N) is 1. The Morgan fingerprint density at radius 3 is 2.50 bits per heavy atom. The van der Waals surface area contributed by atoms with E-state index in [2.05, 4.69) is 51.2 Å². The van der Waals surface area contributed by atoms with Crippen molar-refractivity contribution in [3.05, 3.63) is 23.8 Å². The number of ether oxygens (including phenoxy) is 1. The zero-order chi connectivity index (χ0) is 12.1. The predicted molar refractivity (Wildman–Crippen MR) is 70.3 cm³/mol. The van der Waals surface area contributed by atoms with Gasteiger partial charge < -0.3 is 10.1 Å². The first-order valence-electron chi connectivity index (χ1n) is 6.04. The standard InChI is InChI=1S/C14H23NO/c1-6-16-14-9-11(4)7-8-13(14)15-12(5)10(2)3/h7-10,12,15H,6H2,1-5H3. The van der Waals surface area contributed by atoms with Crippen LogP contribution in [-0.2, 0) is 0 Å². The lowest BCUT2D eigenvalue weighted by molar-refractivity contribution is 0.341. The normalized spacial score (nSPS) is 12.6. The molecule has 0 bridgehead atoms. The molecular weight excluding hydrogens is 198 g/mol. The van der Waals surface area contributed by atoms with E-state index in [1.165, 1.54) is 5.56 Å². The number of rotatable bonds is 5. The second-order valence-corrected chi connectivity index (χ2v) is 4.61. The summed E-state index contributed by atoms with van der Waals surface area (Å²) in [5, 5.41) is 3.50. The Balaban J connectivity index is 2.85. The molecule has 1 atom stereocenters. The first-order valence-corrected chi connectivity index (χ1v) is 6.04. The van der Waals surface area contributed by atoms with Crippen molar-refractivity contribution in [1.29, 1.82) is 0 Å². The van der Waals surface area contributed by atoms with Crippen LogP contribution in [0, 0.1) is 12.8 Å². The molecule has 2 nitrogen and oxygen atoms in total. The maximum absolute atomic E-state index is 5.64. The molecule has 1 aromatic carbocycles. The van der Waals surface area contributed by atoms with Gasteiger partial charge in [0.25, 0.3) is 0 Å². The van der Waals surface area contributed by atoms with Crippen LogP contribution in [0.5, 0.6) is 5.75 Å². The first-order chi connectivity index (χ1) is 7.54. The molecule has 1 N–H and O–H groups in total. The summed E-state index contributed by atoms with van der Waals surface area (Å²) < 4.78 is 5.64. The molecule has 0 aliphatic rings. The van der Waals surface area contributed by atoms with E-state index >= 15 is 0 Å². The fraction of sp³-hybridized carbons (Fsp3) is 0.571. The predicted octanol–water partition coefficient (Wildman–Crippen LogP) is 3.85. The molecule has 0 saturated heterocycles. The van der Waals surface area contributed by atoms with Gasteiger partial charge in [0, 0.05) is 6.04 Å². The van der Waals surface area contributed by atoms with Gasteiger partial charge in [-0.2, -0.15) is 0 Å². The Morgan fingerprint density at radius 1 is 1.25 bits per heavy atom. The smallest absolute Gasteiger partial charge is 0.142 e. The summed E-state index contributed by atoms with van der Waals surface area (Å²) in [7, 11) is 0. The van der Waals surface area contributed by atoms with Crippen molar-refractivity contribution < 1.29 is 4.74 Å². The van der Waals surface area contributed by atoms with Crippen molar-refractivity contribution in [2.24, 2.45) is 5.92 Å². The van der Waals surface area contributed by atoms with E-state index in [-0.39, 0.29) is 0 Å². The third-order valence-electron chi connectivity index (χ3n) is 2.82. The maximum Gasteiger partial charge on any atom is 0.142 e. The molecule has 16 heavy (non-hydrogen) atoms. The van der Waals surface area contributed by atoms with Crippen molar-refractivity contribution in [3.63, 3.8) is 0 Å². The molecule has 0 aliphatic carbocycles. The van der Waals surface area contributed by atoms with Gasteiger partial charge in [0.2, 0.25) is 0 Å². The van der Waals surface area contributed by atoms with Crippen molar-refractivity contribution in [1.82, 2.24) is 0 Å². The second-order valence-electron chi connectivity index (χ2n) is 4.61. The highest BCUT2D eigenvalue weighted by Gasteiger charge is 2.10. The minimum Gasteiger partial charge on any atom is -0.492 e. The molecule has 0 saturated carbocycles. The van der Waals surface area contributed by atoms with Crippen LogP contribution in [-0.4, -0.2) is 12.6 Å². The number of hydrogen-bond donors (Lipinski definition) is 1. The summed E-state index contributed by atoms with van der Waals surface area (Å²) in [6.45, 7) is 11.4. The van der Waals surface area contributed by atoms with E-state index in [4.69, 9.17) is 4.74 Å². The Morgan fingerprint density at radius 2 is 1.94 bits per heavy atom. The molecule has 0 amide bonds. The largest absolute Gasteiger partial charge is 0.492 e. The van der Waals surface area contributed by atoms with Gasteiger partial charge in [-0.25, -0.2) is 0 Å².